The number of nitrogens with zero attached hydrogens (tertiary/aromatic N) is 3. The Morgan fingerprint density at radius 2 is 2.29 bits per heavy atom. The SMILES string of the molecule is Cc1cnn(CC(C)NCC(=O)NCc2ccccn2)c1. The van der Waals surface area contributed by atoms with E-state index in [4.69, 9.17) is 0 Å². The van der Waals surface area contributed by atoms with Gasteiger partial charge in [-0.25, -0.2) is 0 Å². The maximum Gasteiger partial charge on any atom is 0.234 e. The van der Waals surface area contributed by atoms with Gasteiger partial charge in [0.1, 0.15) is 0 Å². The van der Waals surface area contributed by atoms with Crippen LogP contribution in [0.25, 0.3) is 0 Å². The van der Waals surface area contributed by atoms with Crippen molar-refractivity contribution in [3.05, 3.63) is 48.0 Å². The second kappa shape index (κ2) is 7.54. The first kappa shape index (κ1) is 15.2. The maximum atomic E-state index is 11.8. The summed E-state index contributed by atoms with van der Waals surface area (Å²) in [7, 11) is 0. The van der Waals surface area contributed by atoms with Crippen LogP contribution in [0.3, 0.4) is 0 Å². The first-order chi connectivity index (χ1) is 10.1. The fourth-order valence-corrected chi connectivity index (χ4v) is 1.93. The molecule has 2 rings (SSSR count). The molecule has 0 saturated carbocycles. The van der Waals surface area contributed by atoms with Crippen LogP contribution >= 0.6 is 0 Å². The van der Waals surface area contributed by atoms with Crippen LogP contribution in [0.1, 0.15) is 18.2 Å². The number of aryl methyl sites for hydroxylation is 1. The summed E-state index contributed by atoms with van der Waals surface area (Å²) in [5.41, 5.74) is 1.99. The van der Waals surface area contributed by atoms with E-state index in [2.05, 4.69) is 20.7 Å². The molecule has 1 unspecified atom stereocenters. The molecule has 0 bridgehead atoms. The number of rotatable bonds is 7. The normalized spacial score (nSPS) is 12.1. The molecule has 1 amide bonds. The minimum atomic E-state index is -0.0378. The van der Waals surface area contributed by atoms with E-state index in [1.165, 1.54) is 0 Å². The van der Waals surface area contributed by atoms with Gasteiger partial charge in [0.05, 0.1) is 31.5 Å². The zero-order chi connectivity index (χ0) is 15.1. The molecule has 0 aromatic carbocycles. The topological polar surface area (TPSA) is 71.8 Å². The molecule has 6 heteroatoms. The molecule has 2 aromatic rings. The number of hydrogen-bond donors (Lipinski definition) is 2. The molecule has 0 saturated heterocycles. The number of aromatic nitrogens is 3. The number of carbonyl (C=O) groups excluding carboxylic acids is 1. The van der Waals surface area contributed by atoms with Crippen LogP contribution in [0, 0.1) is 6.92 Å². The fourth-order valence-electron chi connectivity index (χ4n) is 1.93. The van der Waals surface area contributed by atoms with Crippen LogP contribution in [-0.4, -0.2) is 33.3 Å². The van der Waals surface area contributed by atoms with Crippen molar-refractivity contribution in [1.29, 1.82) is 0 Å². The number of nitrogens with one attached hydrogen (secondary N) is 2. The molecule has 2 N–H and O–H groups in total. The number of carbonyl (C=O) groups is 1. The van der Waals surface area contributed by atoms with Gasteiger partial charge < -0.3 is 10.6 Å². The van der Waals surface area contributed by atoms with Crippen LogP contribution in [0.2, 0.25) is 0 Å². The zero-order valence-electron chi connectivity index (χ0n) is 12.4. The molecule has 0 fully saturated rings. The summed E-state index contributed by atoms with van der Waals surface area (Å²) in [6.07, 6.45) is 5.53. The first-order valence-corrected chi connectivity index (χ1v) is 7.02. The minimum absolute atomic E-state index is 0.0378. The van der Waals surface area contributed by atoms with Crippen molar-refractivity contribution in [2.24, 2.45) is 0 Å². The lowest BCUT2D eigenvalue weighted by Crippen LogP contribution is -2.39. The van der Waals surface area contributed by atoms with Crippen molar-refractivity contribution in [3.63, 3.8) is 0 Å². The molecule has 6 nitrogen and oxygen atoms in total. The third kappa shape index (κ3) is 5.35. The zero-order valence-corrected chi connectivity index (χ0v) is 12.4. The molecular weight excluding hydrogens is 266 g/mol. The van der Waals surface area contributed by atoms with E-state index in [1.807, 2.05) is 49.1 Å². The van der Waals surface area contributed by atoms with Crippen molar-refractivity contribution >= 4 is 5.91 Å². The highest BCUT2D eigenvalue weighted by atomic mass is 16.1. The lowest BCUT2D eigenvalue weighted by molar-refractivity contribution is -0.120. The van der Waals surface area contributed by atoms with Gasteiger partial charge in [-0.2, -0.15) is 5.10 Å². The van der Waals surface area contributed by atoms with E-state index in [9.17, 15) is 4.79 Å². The van der Waals surface area contributed by atoms with Gasteiger partial charge in [-0.3, -0.25) is 14.5 Å². The molecule has 0 spiro atoms. The Labute approximate surface area is 124 Å². The molecular formula is C15H21N5O. The maximum absolute atomic E-state index is 11.8. The summed E-state index contributed by atoms with van der Waals surface area (Å²) in [6, 6.07) is 5.81. The summed E-state index contributed by atoms with van der Waals surface area (Å²) in [6.45, 7) is 5.51. The van der Waals surface area contributed by atoms with Crippen LogP contribution in [0.5, 0.6) is 0 Å². The molecule has 2 heterocycles. The van der Waals surface area contributed by atoms with E-state index < -0.39 is 0 Å². The molecule has 0 aliphatic heterocycles. The summed E-state index contributed by atoms with van der Waals surface area (Å²) < 4.78 is 1.87. The predicted octanol–water partition coefficient (Wildman–Crippen LogP) is 0.881. The Morgan fingerprint density at radius 1 is 1.43 bits per heavy atom. The Hall–Kier alpha value is -2.21. The highest BCUT2D eigenvalue weighted by Gasteiger charge is 2.07. The van der Waals surface area contributed by atoms with Crippen molar-refractivity contribution < 1.29 is 4.79 Å². The first-order valence-electron chi connectivity index (χ1n) is 7.02. The van der Waals surface area contributed by atoms with E-state index in [1.54, 1.807) is 6.20 Å². The van der Waals surface area contributed by atoms with Crippen molar-refractivity contribution in [2.75, 3.05) is 6.54 Å². The Bertz CT molecular complexity index is 566. The monoisotopic (exact) mass is 287 g/mol. The van der Waals surface area contributed by atoms with Crippen molar-refractivity contribution in [2.45, 2.75) is 33.0 Å². The average Bonchev–Trinajstić information content (AvgIpc) is 2.89. The van der Waals surface area contributed by atoms with Crippen molar-refractivity contribution in [1.82, 2.24) is 25.4 Å². The molecule has 1 atom stereocenters. The Morgan fingerprint density at radius 3 is 2.95 bits per heavy atom. The quantitative estimate of drug-likeness (QED) is 0.793. The van der Waals surface area contributed by atoms with Gasteiger partial charge in [0.15, 0.2) is 0 Å². The van der Waals surface area contributed by atoms with Crippen LogP contribution in [0.15, 0.2) is 36.8 Å². The fraction of sp³-hybridized carbons (Fsp3) is 0.400. The molecule has 0 radical (unpaired) electrons. The number of pyridine rings is 1. The number of amides is 1. The van der Waals surface area contributed by atoms with Gasteiger partial charge in [-0.15, -0.1) is 0 Å². The van der Waals surface area contributed by atoms with E-state index in [0.717, 1.165) is 17.8 Å². The lowest BCUT2D eigenvalue weighted by atomic mass is 10.3. The largest absolute Gasteiger partial charge is 0.349 e. The highest BCUT2D eigenvalue weighted by Crippen LogP contribution is 1.96. The molecule has 0 aliphatic rings. The summed E-state index contributed by atoms with van der Waals surface area (Å²) in [5.74, 6) is -0.0378. The van der Waals surface area contributed by atoms with Crippen LogP contribution in [0.4, 0.5) is 0 Å². The third-order valence-electron chi connectivity index (χ3n) is 3.03. The van der Waals surface area contributed by atoms with Gasteiger partial charge in [0.2, 0.25) is 5.91 Å². The predicted molar refractivity (Wildman–Crippen MR) is 80.5 cm³/mol. The van der Waals surface area contributed by atoms with Crippen molar-refractivity contribution in [3.8, 4) is 0 Å². The molecule has 21 heavy (non-hydrogen) atoms. The number of hydrogen-bond acceptors (Lipinski definition) is 4. The Kier molecular flexibility index (Phi) is 5.45. The van der Waals surface area contributed by atoms with Gasteiger partial charge in [0.25, 0.3) is 0 Å². The minimum Gasteiger partial charge on any atom is -0.349 e. The van der Waals surface area contributed by atoms with Crippen LogP contribution < -0.4 is 10.6 Å². The third-order valence-corrected chi connectivity index (χ3v) is 3.03. The molecule has 2 aromatic heterocycles. The summed E-state index contributed by atoms with van der Waals surface area (Å²) in [4.78, 5) is 15.9. The lowest BCUT2D eigenvalue weighted by Gasteiger charge is -2.13. The van der Waals surface area contributed by atoms with E-state index in [0.29, 0.717) is 6.54 Å². The standard InChI is InChI=1S/C15H21N5O/c1-12-7-19-20(10-12)11-13(2)17-9-15(21)18-8-14-5-3-4-6-16-14/h3-7,10,13,17H,8-9,11H2,1-2H3,(H,18,21). The van der Waals surface area contributed by atoms with E-state index >= 15 is 0 Å². The van der Waals surface area contributed by atoms with Gasteiger partial charge in [-0.05, 0) is 31.5 Å². The molecule has 0 aliphatic carbocycles. The smallest absolute Gasteiger partial charge is 0.234 e. The highest BCUT2D eigenvalue weighted by molar-refractivity contribution is 5.77. The summed E-state index contributed by atoms with van der Waals surface area (Å²) in [5, 5.41) is 10.2. The Balaban J connectivity index is 1.66. The average molecular weight is 287 g/mol. The van der Waals surface area contributed by atoms with Gasteiger partial charge >= 0.3 is 0 Å². The second-order valence-electron chi connectivity index (χ2n) is 5.12. The van der Waals surface area contributed by atoms with Gasteiger partial charge in [0, 0.05) is 18.4 Å². The second-order valence-corrected chi connectivity index (χ2v) is 5.12. The summed E-state index contributed by atoms with van der Waals surface area (Å²) >= 11 is 0. The van der Waals surface area contributed by atoms with Gasteiger partial charge in [-0.1, -0.05) is 6.07 Å². The molecule has 112 valence electrons. The van der Waals surface area contributed by atoms with Crippen LogP contribution in [-0.2, 0) is 17.9 Å². The van der Waals surface area contributed by atoms with E-state index in [-0.39, 0.29) is 18.5 Å².